The largest absolute Gasteiger partial charge is 0.508 e. The Labute approximate surface area is 119 Å². The van der Waals surface area contributed by atoms with Gasteiger partial charge in [0.15, 0.2) is 0 Å². The Hall–Kier alpha value is -2.47. The van der Waals surface area contributed by atoms with Gasteiger partial charge in [-0.1, -0.05) is 44.2 Å². The van der Waals surface area contributed by atoms with Gasteiger partial charge in [-0.15, -0.1) is 0 Å². The third kappa shape index (κ3) is 3.10. The summed E-state index contributed by atoms with van der Waals surface area (Å²) in [6.45, 7) is 4.00. The standard InChI is InChI=1S/C17H17NO2/c1-12(2)15-10-14(8-9-16(15)19)20-17(11-18)13-6-4-3-5-7-13/h3-10,12,17,19H,1-2H3. The van der Waals surface area contributed by atoms with Crippen molar-refractivity contribution in [3.05, 3.63) is 59.7 Å². The van der Waals surface area contributed by atoms with Gasteiger partial charge in [0, 0.05) is 11.1 Å². The lowest BCUT2D eigenvalue weighted by molar-refractivity contribution is 0.261. The molecule has 3 nitrogen and oxygen atoms in total. The molecule has 102 valence electrons. The van der Waals surface area contributed by atoms with Gasteiger partial charge < -0.3 is 9.84 Å². The molecule has 1 N–H and O–H groups in total. The molecule has 0 aliphatic carbocycles. The minimum atomic E-state index is -0.652. The topological polar surface area (TPSA) is 53.2 Å². The molecular weight excluding hydrogens is 250 g/mol. The lowest BCUT2D eigenvalue weighted by atomic mass is 10.0. The van der Waals surface area contributed by atoms with Crippen molar-refractivity contribution in [3.8, 4) is 17.6 Å². The second kappa shape index (κ2) is 6.12. The average Bonchev–Trinajstić information content (AvgIpc) is 2.47. The fourth-order valence-electron chi connectivity index (χ4n) is 2.00. The Balaban J connectivity index is 2.25. The van der Waals surface area contributed by atoms with Crippen LogP contribution in [0.4, 0.5) is 0 Å². The summed E-state index contributed by atoms with van der Waals surface area (Å²) in [5.74, 6) is 1.03. The first-order valence-electron chi connectivity index (χ1n) is 6.56. The molecular formula is C17H17NO2. The lowest BCUT2D eigenvalue weighted by Crippen LogP contribution is -2.05. The predicted molar refractivity (Wildman–Crippen MR) is 77.6 cm³/mol. The van der Waals surface area contributed by atoms with E-state index in [0.717, 1.165) is 11.1 Å². The van der Waals surface area contributed by atoms with Crippen molar-refractivity contribution >= 4 is 0 Å². The summed E-state index contributed by atoms with van der Waals surface area (Å²) in [6, 6.07) is 16.6. The Kier molecular flexibility index (Phi) is 4.27. The molecule has 0 amide bonds. The zero-order chi connectivity index (χ0) is 14.5. The SMILES string of the molecule is CC(C)c1cc(OC(C#N)c2ccccc2)ccc1O. The molecule has 0 saturated carbocycles. The van der Waals surface area contributed by atoms with E-state index < -0.39 is 6.10 Å². The monoisotopic (exact) mass is 267 g/mol. The van der Waals surface area contributed by atoms with Gasteiger partial charge in [-0.3, -0.25) is 0 Å². The van der Waals surface area contributed by atoms with Gasteiger partial charge in [-0.2, -0.15) is 5.26 Å². The summed E-state index contributed by atoms with van der Waals surface area (Å²) in [5, 5.41) is 19.0. The van der Waals surface area contributed by atoms with Gasteiger partial charge in [0.25, 0.3) is 0 Å². The molecule has 0 bridgehead atoms. The van der Waals surface area contributed by atoms with Crippen LogP contribution in [0.3, 0.4) is 0 Å². The number of phenols is 1. The fraction of sp³-hybridized carbons (Fsp3) is 0.235. The molecule has 0 aliphatic heterocycles. The molecule has 0 saturated heterocycles. The molecule has 2 aromatic carbocycles. The van der Waals surface area contributed by atoms with Crippen LogP contribution in [0.1, 0.15) is 37.0 Å². The Morgan fingerprint density at radius 3 is 2.40 bits per heavy atom. The van der Waals surface area contributed by atoms with Crippen LogP contribution in [-0.4, -0.2) is 5.11 Å². The van der Waals surface area contributed by atoms with Crippen LogP contribution >= 0.6 is 0 Å². The van der Waals surface area contributed by atoms with E-state index in [0.29, 0.717) is 5.75 Å². The smallest absolute Gasteiger partial charge is 0.209 e. The summed E-state index contributed by atoms with van der Waals surface area (Å²) in [6.07, 6.45) is -0.652. The van der Waals surface area contributed by atoms with E-state index in [1.165, 1.54) is 0 Å². The second-order valence-corrected chi connectivity index (χ2v) is 4.91. The van der Waals surface area contributed by atoms with Crippen LogP contribution in [0.25, 0.3) is 0 Å². The summed E-state index contributed by atoms with van der Waals surface area (Å²) < 4.78 is 5.72. The number of nitrogens with zero attached hydrogens (tertiary/aromatic N) is 1. The highest BCUT2D eigenvalue weighted by Crippen LogP contribution is 2.31. The number of aromatic hydroxyl groups is 1. The van der Waals surface area contributed by atoms with E-state index in [9.17, 15) is 10.4 Å². The van der Waals surface area contributed by atoms with Gasteiger partial charge in [0.05, 0.1) is 0 Å². The summed E-state index contributed by atoms with van der Waals surface area (Å²) in [5.41, 5.74) is 1.63. The average molecular weight is 267 g/mol. The van der Waals surface area contributed by atoms with Crippen LogP contribution in [0.5, 0.6) is 11.5 Å². The van der Waals surface area contributed by atoms with E-state index in [-0.39, 0.29) is 11.7 Å². The van der Waals surface area contributed by atoms with E-state index >= 15 is 0 Å². The van der Waals surface area contributed by atoms with Crippen molar-refractivity contribution in [1.82, 2.24) is 0 Å². The molecule has 2 rings (SSSR count). The number of rotatable bonds is 4. The van der Waals surface area contributed by atoms with Crippen molar-refractivity contribution in [3.63, 3.8) is 0 Å². The molecule has 1 unspecified atom stereocenters. The first kappa shape index (κ1) is 14.0. The van der Waals surface area contributed by atoms with Crippen molar-refractivity contribution in [2.24, 2.45) is 0 Å². The normalized spacial score (nSPS) is 11.9. The Bertz CT molecular complexity index is 615. The minimum absolute atomic E-state index is 0.191. The fourth-order valence-corrected chi connectivity index (χ4v) is 2.00. The molecule has 0 spiro atoms. The van der Waals surface area contributed by atoms with Crippen LogP contribution < -0.4 is 4.74 Å². The quantitative estimate of drug-likeness (QED) is 0.905. The molecule has 0 heterocycles. The molecule has 0 radical (unpaired) electrons. The molecule has 0 fully saturated rings. The third-order valence-corrected chi connectivity index (χ3v) is 3.09. The van der Waals surface area contributed by atoms with Crippen LogP contribution in [0.15, 0.2) is 48.5 Å². The Morgan fingerprint density at radius 2 is 1.80 bits per heavy atom. The number of hydrogen-bond acceptors (Lipinski definition) is 3. The maximum atomic E-state index is 9.79. The summed E-state index contributed by atoms with van der Waals surface area (Å²) in [7, 11) is 0. The van der Waals surface area contributed by atoms with Crippen molar-refractivity contribution in [2.45, 2.75) is 25.9 Å². The van der Waals surface area contributed by atoms with Crippen LogP contribution in [-0.2, 0) is 0 Å². The van der Waals surface area contributed by atoms with Crippen molar-refractivity contribution < 1.29 is 9.84 Å². The number of phenolic OH excluding ortho intramolecular Hbond substituents is 1. The zero-order valence-electron chi connectivity index (χ0n) is 11.6. The van der Waals surface area contributed by atoms with Gasteiger partial charge in [0.1, 0.15) is 17.6 Å². The van der Waals surface area contributed by atoms with E-state index in [2.05, 4.69) is 6.07 Å². The highest BCUT2D eigenvalue weighted by Gasteiger charge is 2.14. The number of ether oxygens (including phenoxy) is 1. The highest BCUT2D eigenvalue weighted by atomic mass is 16.5. The Morgan fingerprint density at radius 1 is 1.10 bits per heavy atom. The maximum Gasteiger partial charge on any atom is 0.209 e. The number of nitriles is 1. The van der Waals surface area contributed by atoms with Crippen molar-refractivity contribution in [2.75, 3.05) is 0 Å². The summed E-state index contributed by atoms with van der Waals surface area (Å²) in [4.78, 5) is 0. The van der Waals surface area contributed by atoms with Gasteiger partial charge in [-0.25, -0.2) is 0 Å². The minimum Gasteiger partial charge on any atom is -0.508 e. The first-order chi connectivity index (χ1) is 9.61. The van der Waals surface area contributed by atoms with Gasteiger partial charge >= 0.3 is 0 Å². The van der Waals surface area contributed by atoms with E-state index in [1.807, 2.05) is 44.2 Å². The molecule has 2 aromatic rings. The molecule has 0 aromatic heterocycles. The third-order valence-electron chi connectivity index (χ3n) is 3.09. The molecule has 20 heavy (non-hydrogen) atoms. The first-order valence-corrected chi connectivity index (χ1v) is 6.56. The lowest BCUT2D eigenvalue weighted by Gasteiger charge is -2.15. The number of hydrogen-bond donors (Lipinski definition) is 1. The van der Waals surface area contributed by atoms with Crippen LogP contribution in [0, 0.1) is 11.3 Å². The van der Waals surface area contributed by atoms with Gasteiger partial charge in [0.2, 0.25) is 6.10 Å². The van der Waals surface area contributed by atoms with E-state index in [4.69, 9.17) is 4.74 Å². The molecule has 0 aliphatic rings. The van der Waals surface area contributed by atoms with Crippen LogP contribution in [0.2, 0.25) is 0 Å². The maximum absolute atomic E-state index is 9.79. The second-order valence-electron chi connectivity index (χ2n) is 4.91. The summed E-state index contributed by atoms with van der Waals surface area (Å²) >= 11 is 0. The highest BCUT2D eigenvalue weighted by molar-refractivity contribution is 5.41. The van der Waals surface area contributed by atoms with Crippen molar-refractivity contribution in [1.29, 1.82) is 5.26 Å². The molecule has 3 heteroatoms. The van der Waals surface area contributed by atoms with Gasteiger partial charge in [-0.05, 0) is 24.1 Å². The van der Waals surface area contributed by atoms with E-state index in [1.54, 1.807) is 18.2 Å². The number of benzene rings is 2. The predicted octanol–water partition coefficient (Wildman–Crippen LogP) is 4.16. The zero-order valence-corrected chi connectivity index (χ0v) is 11.6. The molecule has 1 atom stereocenters.